The molecule has 1 atom stereocenters. The first-order valence-electron chi connectivity index (χ1n) is 9.29. The highest BCUT2D eigenvalue weighted by atomic mass is 16.1. The predicted molar refractivity (Wildman–Crippen MR) is 96.2 cm³/mol. The minimum absolute atomic E-state index is 0.206. The van der Waals surface area contributed by atoms with Crippen molar-refractivity contribution in [2.75, 3.05) is 13.1 Å². The van der Waals surface area contributed by atoms with Crippen molar-refractivity contribution in [2.45, 2.75) is 65.0 Å². The summed E-state index contributed by atoms with van der Waals surface area (Å²) in [5.74, 6) is 0.486. The molecule has 1 unspecified atom stereocenters. The van der Waals surface area contributed by atoms with Gasteiger partial charge in [-0.15, -0.1) is 0 Å². The largest absolute Gasteiger partial charge is 0.353 e. The second-order valence-electron chi connectivity index (χ2n) is 6.79. The van der Waals surface area contributed by atoms with Gasteiger partial charge < -0.3 is 5.32 Å². The molecule has 1 aromatic carbocycles. The lowest BCUT2D eigenvalue weighted by molar-refractivity contribution is -0.126. The van der Waals surface area contributed by atoms with Gasteiger partial charge in [0.15, 0.2) is 0 Å². The van der Waals surface area contributed by atoms with Gasteiger partial charge in [-0.2, -0.15) is 0 Å². The van der Waals surface area contributed by atoms with Gasteiger partial charge in [0, 0.05) is 31.6 Å². The number of carbonyl (C=O) groups is 1. The van der Waals surface area contributed by atoms with Crippen LogP contribution in [0.4, 0.5) is 0 Å². The molecule has 0 spiro atoms. The van der Waals surface area contributed by atoms with Crippen molar-refractivity contribution in [2.24, 2.45) is 5.92 Å². The Kier molecular flexibility index (Phi) is 7.60. The SMILES string of the molecule is CCCCC(CC)C(=O)NC1CCN(Cc2ccccc2)CC1. The first-order valence-corrected chi connectivity index (χ1v) is 9.29. The van der Waals surface area contributed by atoms with Crippen LogP contribution in [0.1, 0.15) is 57.9 Å². The number of likely N-dealkylation sites (tertiary alicyclic amines) is 1. The van der Waals surface area contributed by atoms with Gasteiger partial charge in [0.1, 0.15) is 0 Å². The highest BCUT2D eigenvalue weighted by Gasteiger charge is 2.23. The second-order valence-corrected chi connectivity index (χ2v) is 6.79. The van der Waals surface area contributed by atoms with E-state index in [2.05, 4.69) is 54.4 Å². The summed E-state index contributed by atoms with van der Waals surface area (Å²) in [6.07, 6.45) is 6.46. The first-order chi connectivity index (χ1) is 11.2. The molecule has 1 amide bonds. The van der Waals surface area contributed by atoms with E-state index < -0.39 is 0 Å². The minimum Gasteiger partial charge on any atom is -0.353 e. The number of rotatable bonds is 8. The summed E-state index contributed by atoms with van der Waals surface area (Å²) < 4.78 is 0. The fourth-order valence-electron chi connectivity index (χ4n) is 3.37. The zero-order valence-electron chi connectivity index (χ0n) is 14.8. The molecule has 1 fully saturated rings. The monoisotopic (exact) mass is 316 g/mol. The average molecular weight is 316 g/mol. The van der Waals surface area contributed by atoms with Crippen LogP contribution in [0, 0.1) is 5.92 Å². The molecule has 1 N–H and O–H groups in total. The summed E-state index contributed by atoms with van der Waals surface area (Å²) >= 11 is 0. The summed E-state index contributed by atoms with van der Waals surface area (Å²) in [6.45, 7) is 7.49. The van der Waals surface area contributed by atoms with Gasteiger partial charge in [0.05, 0.1) is 0 Å². The molecule has 1 aliphatic heterocycles. The van der Waals surface area contributed by atoms with Gasteiger partial charge >= 0.3 is 0 Å². The van der Waals surface area contributed by atoms with Crippen LogP contribution in [-0.4, -0.2) is 29.9 Å². The molecule has 1 heterocycles. The standard InChI is InChI=1S/C20H32N2O/c1-3-5-11-18(4-2)20(23)21-19-12-14-22(15-13-19)16-17-9-7-6-8-10-17/h6-10,18-19H,3-5,11-16H2,1-2H3,(H,21,23). The van der Waals surface area contributed by atoms with Crippen LogP contribution in [0.3, 0.4) is 0 Å². The molecular weight excluding hydrogens is 284 g/mol. The number of nitrogens with zero attached hydrogens (tertiary/aromatic N) is 1. The topological polar surface area (TPSA) is 32.3 Å². The summed E-state index contributed by atoms with van der Waals surface area (Å²) in [7, 11) is 0. The van der Waals surface area contributed by atoms with Gasteiger partial charge in [-0.05, 0) is 31.2 Å². The molecule has 3 heteroatoms. The molecule has 3 nitrogen and oxygen atoms in total. The number of benzene rings is 1. The van der Waals surface area contributed by atoms with Crippen molar-refractivity contribution in [3.63, 3.8) is 0 Å². The Balaban J connectivity index is 1.72. The van der Waals surface area contributed by atoms with E-state index in [4.69, 9.17) is 0 Å². The Morgan fingerprint density at radius 1 is 1.22 bits per heavy atom. The van der Waals surface area contributed by atoms with Crippen LogP contribution in [0.25, 0.3) is 0 Å². The quantitative estimate of drug-likeness (QED) is 0.786. The van der Waals surface area contributed by atoms with Crippen molar-refractivity contribution in [1.29, 1.82) is 0 Å². The number of unbranched alkanes of at least 4 members (excludes halogenated alkanes) is 1. The molecule has 2 rings (SSSR count). The van der Waals surface area contributed by atoms with Crippen LogP contribution in [-0.2, 0) is 11.3 Å². The molecule has 1 aromatic rings. The fourth-order valence-corrected chi connectivity index (χ4v) is 3.37. The number of amides is 1. The summed E-state index contributed by atoms with van der Waals surface area (Å²) in [4.78, 5) is 14.9. The van der Waals surface area contributed by atoms with Crippen molar-refractivity contribution in [3.8, 4) is 0 Å². The van der Waals surface area contributed by atoms with Crippen molar-refractivity contribution in [1.82, 2.24) is 10.2 Å². The number of carbonyl (C=O) groups excluding carboxylic acids is 1. The Morgan fingerprint density at radius 2 is 1.91 bits per heavy atom. The van der Waals surface area contributed by atoms with E-state index >= 15 is 0 Å². The number of nitrogens with one attached hydrogen (secondary N) is 1. The smallest absolute Gasteiger partial charge is 0.223 e. The third-order valence-corrected chi connectivity index (χ3v) is 4.95. The Bertz CT molecular complexity index is 452. The van der Waals surface area contributed by atoms with Gasteiger partial charge in [0.25, 0.3) is 0 Å². The summed E-state index contributed by atoms with van der Waals surface area (Å²) in [6, 6.07) is 11.0. The minimum atomic E-state index is 0.206. The number of hydrogen-bond acceptors (Lipinski definition) is 2. The zero-order chi connectivity index (χ0) is 16.5. The van der Waals surface area contributed by atoms with Crippen LogP contribution >= 0.6 is 0 Å². The summed E-state index contributed by atoms with van der Waals surface area (Å²) in [5, 5.41) is 3.30. The van der Waals surface area contributed by atoms with Crippen molar-refractivity contribution < 1.29 is 4.79 Å². The van der Waals surface area contributed by atoms with E-state index in [0.29, 0.717) is 6.04 Å². The Labute approximate surface area is 141 Å². The molecule has 0 aromatic heterocycles. The van der Waals surface area contributed by atoms with Crippen LogP contribution in [0.2, 0.25) is 0 Å². The van der Waals surface area contributed by atoms with Crippen LogP contribution in [0.15, 0.2) is 30.3 Å². The maximum absolute atomic E-state index is 12.4. The highest BCUT2D eigenvalue weighted by Crippen LogP contribution is 2.17. The average Bonchev–Trinajstić information content (AvgIpc) is 2.58. The molecule has 1 saturated heterocycles. The first kappa shape index (κ1) is 18.0. The van der Waals surface area contributed by atoms with E-state index in [0.717, 1.165) is 51.7 Å². The predicted octanol–water partition coefficient (Wildman–Crippen LogP) is 3.98. The van der Waals surface area contributed by atoms with Crippen molar-refractivity contribution >= 4 is 5.91 Å². The van der Waals surface area contributed by atoms with Gasteiger partial charge in [-0.3, -0.25) is 9.69 Å². The molecule has 0 radical (unpaired) electrons. The number of piperidine rings is 1. The van der Waals surface area contributed by atoms with Gasteiger partial charge in [-0.1, -0.05) is 57.0 Å². The molecule has 0 aliphatic carbocycles. The van der Waals surface area contributed by atoms with Crippen LogP contribution < -0.4 is 5.32 Å². The van der Waals surface area contributed by atoms with Crippen LogP contribution in [0.5, 0.6) is 0 Å². The lowest BCUT2D eigenvalue weighted by Gasteiger charge is -2.33. The highest BCUT2D eigenvalue weighted by molar-refractivity contribution is 5.78. The normalized spacial score (nSPS) is 17.8. The summed E-state index contributed by atoms with van der Waals surface area (Å²) in [5.41, 5.74) is 1.38. The zero-order valence-corrected chi connectivity index (χ0v) is 14.8. The molecule has 128 valence electrons. The van der Waals surface area contributed by atoms with Gasteiger partial charge in [-0.25, -0.2) is 0 Å². The maximum Gasteiger partial charge on any atom is 0.223 e. The third kappa shape index (κ3) is 5.98. The molecule has 23 heavy (non-hydrogen) atoms. The Morgan fingerprint density at radius 3 is 2.52 bits per heavy atom. The molecule has 0 saturated carbocycles. The number of hydrogen-bond donors (Lipinski definition) is 1. The third-order valence-electron chi connectivity index (χ3n) is 4.95. The molecule has 1 aliphatic rings. The second kappa shape index (κ2) is 9.71. The van der Waals surface area contributed by atoms with Gasteiger partial charge in [0.2, 0.25) is 5.91 Å². The molecular formula is C20H32N2O. The van der Waals surface area contributed by atoms with E-state index in [1.807, 2.05) is 0 Å². The van der Waals surface area contributed by atoms with E-state index in [9.17, 15) is 4.79 Å². The molecule has 0 bridgehead atoms. The van der Waals surface area contributed by atoms with E-state index in [1.54, 1.807) is 0 Å². The fraction of sp³-hybridized carbons (Fsp3) is 0.650. The van der Waals surface area contributed by atoms with E-state index in [-0.39, 0.29) is 11.8 Å². The Hall–Kier alpha value is -1.35. The lowest BCUT2D eigenvalue weighted by atomic mass is 9.96. The lowest BCUT2D eigenvalue weighted by Crippen LogP contribution is -2.46. The van der Waals surface area contributed by atoms with E-state index in [1.165, 1.54) is 12.0 Å². The van der Waals surface area contributed by atoms with Crippen molar-refractivity contribution in [3.05, 3.63) is 35.9 Å². The maximum atomic E-state index is 12.4.